The monoisotopic (exact) mass is 323 g/mol. The highest BCUT2D eigenvalue weighted by molar-refractivity contribution is 9.10. The summed E-state index contributed by atoms with van der Waals surface area (Å²) in [7, 11) is 0. The van der Waals surface area contributed by atoms with Crippen LogP contribution in [0.5, 0.6) is 0 Å². The van der Waals surface area contributed by atoms with Crippen molar-refractivity contribution in [3.63, 3.8) is 0 Å². The van der Waals surface area contributed by atoms with E-state index in [0.717, 1.165) is 0 Å². The molecule has 6 heteroatoms. The molecular formula is C12H13BrF3NO. The molecule has 2 rings (SSSR count). The Kier molecular flexibility index (Phi) is 3.24. The highest BCUT2D eigenvalue weighted by Crippen LogP contribution is 2.52. The van der Waals surface area contributed by atoms with Crippen LogP contribution in [0.15, 0.2) is 16.6 Å². The number of alkyl halides is 2. The van der Waals surface area contributed by atoms with Crippen LogP contribution in [0.1, 0.15) is 24.0 Å². The van der Waals surface area contributed by atoms with Gasteiger partial charge in [-0.1, -0.05) is 15.9 Å². The summed E-state index contributed by atoms with van der Waals surface area (Å²) in [6.07, 6.45) is -2.74. The van der Waals surface area contributed by atoms with Crippen LogP contribution in [-0.2, 0) is 5.54 Å². The predicted octanol–water partition coefficient (Wildman–Crippen LogP) is 2.84. The second-order valence-electron chi connectivity index (χ2n) is 4.79. The normalized spacial score (nSPS) is 20.9. The lowest BCUT2D eigenvalue weighted by atomic mass is 9.82. The fourth-order valence-corrected chi connectivity index (χ4v) is 2.70. The molecule has 0 aliphatic heterocycles. The number of nitrogens with two attached hydrogens (primary N) is 1. The minimum atomic E-state index is -3.05. The van der Waals surface area contributed by atoms with Gasteiger partial charge < -0.3 is 10.8 Å². The fourth-order valence-electron chi connectivity index (χ4n) is 2.13. The van der Waals surface area contributed by atoms with Crippen LogP contribution in [0, 0.1) is 12.7 Å². The zero-order chi connectivity index (χ0) is 13.7. The van der Waals surface area contributed by atoms with Gasteiger partial charge in [0.15, 0.2) is 0 Å². The first kappa shape index (κ1) is 13.8. The van der Waals surface area contributed by atoms with Crippen molar-refractivity contribution in [3.8, 4) is 0 Å². The third-order valence-electron chi connectivity index (χ3n) is 3.50. The Labute approximate surface area is 111 Å². The Morgan fingerprint density at radius 1 is 1.44 bits per heavy atom. The van der Waals surface area contributed by atoms with E-state index in [1.165, 1.54) is 19.1 Å². The molecule has 1 saturated carbocycles. The molecule has 3 N–H and O–H groups in total. The Morgan fingerprint density at radius 2 is 2.00 bits per heavy atom. The molecule has 1 aromatic rings. The summed E-state index contributed by atoms with van der Waals surface area (Å²) in [5, 5.41) is 9.99. The molecule has 0 spiro atoms. The van der Waals surface area contributed by atoms with Gasteiger partial charge in [-0.25, -0.2) is 13.2 Å². The van der Waals surface area contributed by atoms with Gasteiger partial charge in [0.05, 0.1) is 5.60 Å². The van der Waals surface area contributed by atoms with Gasteiger partial charge >= 0.3 is 0 Å². The Morgan fingerprint density at radius 3 is 2.44 bits per heavy atom. The fraction of sp³-hybridized carbons (Fsp3) is 0.500. The maximum absolute atomic E-state index is 14.1. The summed E-state index contributed by atoms with van der Waals surface area (Å²) in [4.78, 5) is 0. The van der Waals surface area contributed by atoms with Crippen LogP contribution in [0.4, 0.5) is 13.2 Å². The maximum Gasteiger partial charge on any atom is 0.263 e. The van der Waals surface area contributed by atoms with E-state index in [-0.39, 0.29) is 24.0 Å². The molecule has 0 heterocycles. The molecule has 1 fully saturated rings. The van der Waals surface area contributed by atoms with E-state index in [1.807, 2.05) is 0 Å². The van der Waals surface area contributed by atoms with E-state index in [1.54, 1.807) is 0 Å². The number of benzene rings is 1. The Bertz CT molecular complexity index is 490. The third kappa shape index (κ3) is 1.87. The standard InChI is InChI=1S/C12H13BrF3NO/c1-6-4-7(13)5-8(9(6)14)12(17,10(15)16)11(18)2-3-11/h4-5,10,18H,2-3,17H2,1H3/t12-/m1/s1. The van der Waals surface area contributed by atoms with Crippen LogP contribution in [0.2, 0.25) is 0 Å². The van der Waals surface area contributed by atoms with Crippen molar-refractivity contribution in [2.45, 2.75) is 37.3 Å². The van der Waals surface area contributed by atoms with Gasteiger partial charge in [-0.2, -0.15) is 0 Å². The van der Waals surface area contributed by atoms with Gasteiger partial charge in [0.1, 0.15) is 11.4 Å². The summed E-state index contributed by atoms with van der Waals surface area (Å²) in [6.45, 7) is 1.46. The molecule has 0 unspecified atom stereocenters. The molecule has 1 atom stereocenters. The van der Waals surface area contributed by atoms with Gasteiger partial charge in [-0.15, -0.1) is 0 Å². The first-order valence-corrected chi connectivity index (χ1v) is 6.27. The lowest BCUT2D eigenvalue weighted by Gasteiger charge is -2.35. The number of halogens is 4. The smallest absolute Gasteiger partial charge is 0.263 e. The first-order chi connectivity index (χ1) is 8.22. The van der Waals surface area contributed by atoms with Crippen molar-refractivity contribution in [2.24, 2.45) is 5.73 Å². The minimum Gasteiger partial charge on any atom is -0.387 e. The Hall–Kier alpha value is -0.590. The highest BCUT2D eigenvalue weighted by atomic mass is 79.9. The molecule has 2 nitrogen and oxygen atoms in total. The van der Waals surface area contributed by atoms with Gasteiger partial charge in [0.2, 0.25) is 0 Å². The quantitative estimate of drug-likeness (QED) is 0.898. The Balaban J connectivity index is 2.64. The van der Waals surface area contributed by atoms with Gasteiger partial charge in [0, 0.05) is 10.0 Å². The molecule has 1 aliphatic rings. The summed E-state index contributed by atoms with van der Waals surface area (Å²) in [6, 6.07) is 2.69. The average Bonchev–Trinajstić information content (AvgIpc) is 3.01. The molecule has 18 heavy (non-hydrogen) atoms. The van der Waals surface area contributed by atoms with Crippen molar-refractivity contribution < 1.29 is 18.3 Å². The number of hydrogen-bond donors (Lipinski definition) is 2. The van der Waals surface area contributed by atoms with Crippen molar-refractivity contribution in [1.82, 2.24) is 0 Å². The lowest BCUT2D eigenvalue weighted by Crippen LogP contribution is -2.56. The average molecular weight is 324 g/mol. The van der Waals surface area contributed by atoms with Crippen LogP contribution in [-0.4, -0.2) is 17.1 Å². The van der Waals surface area contributed by atoms with Crippen molar-refractivity contribution in [3.05, 3.63) is 33.5 Å². The van der Waals surface area contributed by atoms with E-state index in [4.69, 9.17) is 5.73 Å². The largest absolute Gasteiger partial charge is 0.387 e. The van der Waals surface area contributed by atoms with E-state index in [0.29, 0.717) is 4.47 Å². The molecule has 0 bridgehead atoms. The summed E-state index contributed by atoms with van der Waals surface area (Å²) < 4.78 is 41.1. The van der Waals surface area contributed by atoms with E-state index in [2.05, 4.69) is 15.9 Å². The third-order valence-corrected chi connectivity index (χ3v) is 3.96. The molecular weight excluding hydrogens is 311 g/mol. The highest BCUT2D eigenvalue weighted by Gasteiger charge is 2.63. The van der Waals surface area contributed by atoms with Crippen LogP contribution in [0.25, 0.3) is 0 Å². The number of aryl methyl sites for hydroxylation is 1. The topological polar surface area (TPSA) is 46.2 Å². The minimum absolute atomic E-state index is 0.152. The summed E-state index contributed by atoms with van der Waals surface area (Å²) >= 11 is 3.13. The molecule has 0 radical (unpaired) electrons. The SMILES string of the molecule is Cc1cc(Br)cc([C@@](N)(C(F)F)C2(O)CC2)c1F. The van der Waals surface area contributed by atoms with Gasteiger partial charge in [-0.3, -0.25) is 0 Å². The van der Waals surface area contributed by atoms with Crippen LogP contribution < -0.4 is 5.73 Å². The summed E-state index contributed by atoms with van der Waals surface area (Å²) in [5.41, 5.74) is 1.45. The molecule has 0 saturated heterocycles. The van der Waals surface area contributed by atoms with Crippen LogP contribution >= 0.6 is 15.9 Å². The van der Waals surface area contributed by atoms with E-state index in [9.17, 15) is 18.3 Å². The van der Waals surface area contributed by atoms with Gasteiger partial charge in [0.25, 0.3) is 6.43 Å². The number of hydrogen-bond acceptors (Lipinski definition) is 2. The molecule has 1 aliphatic carbocycles. The number of aliphatic hydroxyl groups is 1. The predicted molar refractivity (Wildman–Crippen MR) is 64.9 cm³/mol. The van der Waals surface area contributed by atoms with Crippen molar-refractivity contribution in [1.29, 1.82) is 0 Å². The molecule has 100 valence electrons. The zero-order valence-electron chi connectivity index (χ0n) is 9.68. The zero-order valence-corrected chi connectivity index (χ0v) is 11.3. The van der Waals surface area contributed by atoms with Crippen molar-refractivity contribution in [2.75, 3.05) is 0 Å². The maximum atomic E-state index is 14.1. The molecule has 0 amide bonds. The molecule has 1 aromatic carbocycles. The van der Waals surface area contributed by atoms with Crippen LogP contribution in [0.3, 0.4) is 0 Å². The lowest BCUT2D eigenvalue weighted by molar-refractivity contribution is -0.0512. The first-order valence-electron chi connectivity index (χ1n) is 5.48. The van der Waals surface area contributed by atoms with Crippen molar-refractivity contribution >= 4 is 15.9 Å². The van der Waals surface area contributed by atoms with Gasteiger partial charge in [-0.05, 0) is 37.5 Å². The second-order valence-corrected chi connectivity index (χ2v) is 5.70. The second kappa shape index (κ2) is 4.21. The number of rotatable bonds is 3. The van der Waals surface area contributed by atoms with E-state index < -0.39 is 23.4 Å². The van der Waals surface area contributed by atoms with E-state index >= 15 is 0 Å². The molecule has 0 aromatic heterocycles. The summed E-state index contributed by atoms with van der Waals surface area (Å²) in [5.74, 6) is -0.790.